The lowest BCUT2D eigenvalue weighted by atomic mass is 9.85. The van der Waals surface area contributed by atoms with E-state index in [9.17, 15) is 4.79 Å². The van der Waals surface area contributed by atoms with Crippen molar-refractivity contribution in [1.82, 2.24) is 0 Å². The lowest BCUT2D eigenvalue weighted by Crippen LogP contribution is -2.15. The molecule has 0 saturated carbocycles. The van der Waals surface area contributed by atoms with Crippen LogP contribution in [0.3, 0.4) is 0 Å². The van der Waals surface area contributed by atoms with E-state index in [1.807, 2.05) is 12.1 Å². The first-order valence-corrected chi connectivity index (χ1v) is 6.80. The highest BCUT2D eigenvalue weighted by atomic mass is 35.5. The third-order valence-electron chi connectivity index (χ3n) is 2.69. The summed E-state index contributed by atoms with van der Waals surface area (Å²) in [4.78, 5) is 11.6. The van der Waals surface area contributed by atoms with Crippen molar-refractivity contribution in [2.24, 2.45) is 0 Å². The minimum atomic E-state index is -0.0638. The summed E-state index contributed by atoms with van der Waals surface area (Å²) in [6.07, 6.45) is 0.964. The Hall–Kier alpha value is -1.02. The van der Waals surface area contributed by atoms with E-state index in [2.05, 4.69) is 27.7 Å². The van der Waals surface area contributed by atoms with Gasteiger partial charge in [0.1, 0.15) is 5.75 Å². The summed E-state index contributed by atoms with van der Waals surface area (Å²) in [7, 11) is 0. The van der Waals surface area contributed by atoms with Crippen LogP contribution < -0.4 is 4.74 Å². The van der Waals surface area contributed by atoms with Crippen LogP contribution in [0.2, 0.25) is 0 Å². The van der Waals surface area contributed by atoms with Crippen LogP contribution in [0.5, 0.6) is 5.75 Å². The Morgan fingerprint density at radius 3 is 2.50 bits per heavy atom. The van der Waals surface area contributed by atoms with Gasteiger partial charge in [-0.3, -0.25) is 4.79 Å². The molecule has 0 aliphatic heterocycles. The summed E-state index contributed by atoms with van der Waals surface area (Å²) in [6.45, 7) is 9.08. The zero-order valence-corrected chi connectivity index (χ0v) is 12.3. The fourth-order valence-electron chi connectivity index (χ4n) is 1.70. The van der Waals surface area contributed by atoms with Crippen LogP contribution in [0.25, 0.3) is 0 Å². The molecule has 1 aromatic rings. The smallest absolute Gasteiger partial charge is 0.177 e. The molecular formula is C15H21ClO2. The standard InChI is InChI=1S/C15H21ClO2/c1-5-8-18-14-7-6-11(13(17)10-16)9-12(14)15(2,3)4/h6-7,9H,5,8,10H2,1-4H3. The second kappa shape index (κ2) is 6.24. The van der Waals surface area contributed by atoms with Crippen molar-refractivity contribution in [3.05, 3.63) is 29.3 Å². The van der Waals surface area contributed by atoms with Gasteiger partial charge in [-0.2, -0.15) is 0 Å². The molecule has 0 unspecified atom stereocenters. The third-order valence-corrected chi connectivity index (χ3v) is 2.94. The maximum atomic E-state index is 11.6. The van der Waals surface area contributed by atoms with Gasteiger partial charge in [-0.1, -0.05) is 27.7 Å². The molecule has 0 N–H and O–H groups in total. The van der Waals surface area contributed by atoms with E-state index >= 15 is 0 Å². The number of alkyl halides is 1. The Bertz CT molecular complexity index is 419. The molecule has 18 heavy (non-hydrogen) atoms. The Morgan fingerprint density at radius 1 is 1.33 bits per heavy atom. The number of carbonyl (C=O) groups excluding carboxylic acids is 1. The van der Waals surface area contributed by atoms with Crippen molar-refractivity contribution in [2.45, 2.75) is 39.5 Å². The lowest BCUT2D eigenvalue weighted by molar-refractivity contribution is 0.102. The summed E-state index contributed by atoms with van der Waals surface area (Å²) in [5.74, 6) is 0.818. The van der Waals surface area contributed by atoms with E-state index in [1.165, 1.54) is 0 Å². The molecule has 0 bridgehead atoms. The molecular weight excluding hydrogens is 248 g/mol. The lowest BCUT2D eigenvalue weighted by Gasteiger charge is -2.23. The number of benzene rings is 1. The van der Waals surface area contributed by atoms with Crippen molar-refractivity contribution in [2.75, 3.05) is 12.5 Å². The molecule has 3 heteroatoms. The van der Waals surface area contributed by atoms with Gasteiger partial charge in [-0.15, -0.1) is 11.6 Å². The van der Waals surface area contributed by atoms with Crippen molar-refractivity contribution < 1.29 is 9.53 Å². The fraction of sp³-hybridized carbons (Fsp3) is 0.533. The zero-order chi connectivity index (χ0) is 13.8. The van der Waals surface area contributed by atoms with Gasteiger partial charge in [0.05, 0.1) is 12.5 Å². The van der Waals surface area contributed by atoms with E-state index in [0.717, 1.165) is 17.7 Å². The van der Waals surface area contributed by atoms with Crippen LogP contribution in [0.4, 0.5) is 0 Å². The average Bonchev–Trinajstić information content (AvgIpc) is 2.34. The molecule has 0 aliphatic carbocycles. The molecule has 2 nitrogen and oxygen atoms in total. The molecule has 0 fully saturated rings. The molecule has 1 aromatic carbocycles. The van der Waals surface area contributed by atoms with Gasteiger partial charge in [0, 0.05) is 11.1 Å². The summed E-state index contributed by atoms with van der Waals surface area (Å²) in [5.41, 5.74) is 1.64. The first kappa shape index (κ1) is 15.0. The summed E-state index contributed by atoms with van der Waals surface area (Å²) in [6, 6.07) is 5.55. The molecule has 0 atom stereocenters. The van der Waals surface area contributed by atoms with E-state index < -0.39 is 0 Å². The number of carbonyl (C=O) groups is 1. The van der Waals surface area contributed by atoms with Crippen LogP contribution in [0, 0.1) is 0 Å². The number of ether oxygens (including phenoxy) is 1. The summed E-state index contributed by atoms with van der Waals surface area (Å²) < 4.78 is 5.74. The molecule has 0 heterocycles. The number of rotatable bonds is 5. The molecule has 0 saturated heterocycles. The number of halogens is 1. The van der Waals surface area contributed by atoms with Crippen LogP contribution in [-0.2, 0) is 5.41 Å². The highest BCUT2D eigenvalue weighted by Crippen LogP contribution is 2.32. The van der Waals surface area contributed by atoms with Crippen molar-refractivity contribution in [3.8, 4) is 5.75 Å². The molecule has 100 valence electrons. The topological polar surface area (TPSA) is 26.3 Å². The van der Waals surface area contributed by atoms with Gasteiger partial charge in [0.15, 0.2) is 5.78 Å². The predicted molar refractivity (Wildman–Crippen MR) is 76.0 cm³/mol. The van der Waals surface area contributed by atoms with E-state index in [-0.39, 0.29) is 17.1 Å². The summed E-state index contributed by atoms with van der Waals surface area (Å²) in [5, 5.41) is 0. The second-order valence-electron chi connectivity index (χ2n) is 5.37. The fourth-order valence-corrected chi connectivity index (χ4v) is 1.86. The van der Waals surface area contributed by atoms with Gasteiger partial charge in [0.25, 0.3) is 0 Å². The average molecular weight is 269 g/mol. The van der Waals surface area contributed by atoms with Gasteiger partial charge in [0.2, 0.25) is 0 Å². The van der Waals surface area contributed by atoms with Crippen LogP contribution in [-0.4, -0.2) is 18.3 Å². The SMILES string of the molecule is CCCOc1ccc(C(=O)CCl)cc1C(C)(C)C. The molecule has 0 radical (unpaired) electrons. The van der Waals surface area contributed by atoms with Crippen LogP contribution in [0.15, 0.2) is 18.2 Å². The number of hydrogen-bond donors (Lipinski definition) is 0. The van der Waals surface area contributed by atoms with Gasteiger partial charge in [-0.05, 0) is 30.0 Å². The zero-order valence-electron chi connectivity index (χ0n) is 11.5. The summed E-state index contributed by atoms with van der Waals surface area (Å²) >= 11 is 5.60. The van der Waals surface area contributed by atoms with Crippen LogP contribution in [0.1, 0.15) is 50.0 Å². The van der Waals surface area contributed by atoms with Crippen molar-refractivity contribution in [3.63, 3.8) is 0 Å². The van der Waals surface area contributed by atoms with Gasteiger partial charge >= 0.3 is 0 Å². The first-order chi connectivity index (χ1) is 8.40. The van der Waals surface area contributed by atoms with Crippen LogP contribution >= 0.6 is 11.6 Å². The minimum absolute atomic E-state index is 0.0126. The molecule has 0 aromatic heterocycles. The van der Waals surface area contributed by atoms with E-state index in [4.69, 9.17) is 16.3 Å². The molecule has 0 aliphatic rings. The Kier molecular flexibility index (Phi) is 5.21. The normalized spacial score (nSPS) is 11.4. The van der Waals surface area contributed by atoms with Crippen molar-refractivity contribution >= 4 is 17.4 Å². The van der Waals surface area contributed by atoms with Gasteiger partial charge < -0.3 is 4.74 Å². The molecule has 0 spiro atoms. The Morgan fingerprint density at radius 2 is 2.00 bits per heavy atom. The largest absolute Gasteiger partial charge is 0.493 e. The first-order valence-electron chi connectivity index (χ1n) is 6.26. The molecule has 1 rings (SSSR count). The number of ketones is 1. The maximum Gasteiger partial charge on any atom is 0.177 e. The molecule has 0 amide bonds. The van der Waals surface area contributed by atoms with Crippen molar-refractivity contribution in [1.29, 1.82) is 0 Å². The highest BCUT2D eigenvalue weighted by Gasteiger charge is 2.20. The monoisotopic (exact) mass is 268 g/mol. The number of hydrogen-bond acceptors (Lipinski definition) is 2. The third kappa shape index (κ3) is 3.74. The quantitative estimate of drug-likeness (QED) is 0.591. The Labute approximate surface area is 114 Å². The van der Waals surface area contributed by atoms with E-state index in [0.29, 0.717) is 12.2 Å². The maximum absolute atomic E-state index is 11.6. The minimum Gasteiger partial charge on any atom is -0.493 e. The second-order valence-corrected chi connectivity index (χ2v) is 5.63. The highest BCUT2D eigenvalue weighted by molar-refractivity contribution is 6.30. The predicted octanol–water partition coefficient (Wildman–Crippen LogP) is 4.19. The van der Waals surface area contributed by atoms with E-state index in [1.54, 1.807) is 6.07 Å². The Balaban J connectivity index is 3.16. The number of Topliss-reactive ketones (excluding diaryl/α,β-unsaturated/α-hetero) is 1. The van der Waals surface area contributed by atoms with Gasteiger partial charge in [-0.25, -0.2) is 0 Å².